The number of nitrogens with one attached hydrogen (secondary N) is 2. The van der Waals surface area contributed by atoms with Crippen LogP contribution in [0.3, 0.4) is 0 Å². The second-order valence-corrected chi connectivity index (χ2v) is 12.8. The molecule has 14 heteroatoms. The lowest BCUT2D eigenvalue weighted by atomic mass is 9.90. The molecule has 4 heterocycles. The first-order valence-electron chi connectivity index (χ1n) is 15.4. The highest BCUT2D eigenvalue weighted by Gasteiger charge is 2.45. The number of alkyl halides is 3. The molecule has 2 aliphatic heterocycles. The van der Waals surface area contributed by atoms with E-state index in [1.165, 1.54) is 35.5 Å². The minimum absolute atomic E-state index is 0.0614. The third kappa shape index (κ3) is 8.65. The van der Waals surface area contributed by atoms with Crippen molar-refractivity contribution in [2.24, 2.45) is 5.92 Å². The topological polar surface area (TPSA) is 88.6 Å². The first-order chi connectivity index (χ1) is 22.2. The number of benzene rings is 1. The van der Waals surface area contributed by atoms with Crippen LogP contribution in [-0.4, -0.2) is 60.2 Å². The van der Waals surface area contributed by atoms with Crippen molar-refractivity contribution in [2.75, 3.05) is 36.5 Å². The van der Waals surface area contributed by atoms with E-state index in [0.29, 0.717) is 43.0 Å². The Morgan fingerprint density at radius 1 is 1.02 bits per heavy atom. The predicted octanol–water partition coefficient (Wildman–Crippen LogP) is 7.35. The minimum Gasteiger partial charge on any atom is -0.444 e. The molecule has 2 aliphatic rings. The van der Waals surface area contributed by atoms with Crippen LogP contribution in [0.2, 0.25) is 0 Å². The molecule has 0 radical (unpaired) electrons. The molecule has 0 aliphatic carbocycles. The normalized spacial score (nSPS) is 19.4. The number of carbonyl (C=O) groups is 1. The zero-order valence-electron chi connectivity index (χ0n) is 26.3. The van der Waals surface area contributed by atoms with Crippen LogP contribution in [0.4, 0.5) is 42.5 Å². The molecule has 2 aromatic heterocycles. The Kier molecular flexibility index (Phi) is 10.2. The summed E-state index contributed by atoms with van der Waals surface area (Å²) >= 11 is 0. The standard InChI is InChI=1S/C33H37F6N5O3/c1-32(2,3)47-31(45)43-23-14-21(33(37,38)39)17-44(18-23)28-6-9-40-16-27(28)41-15-22-4-5-24(34)30(42-22)29-25(35)12-20(13-26(29)36)19-7-10-46-11-8-19/h4-6,9,12-13,16,19,21,23,41H,7-8,10-11,14-15,17-18H2,1-3H3,(H,43,45)/t21-,23+/m1/s1. The maximum Gasteiger partial charge on any atom is 0.407 e. The van der Waals surface area contributed by atoms with E-state index in [9.17, 15) is 22.4 Å². The molecule has 0 bridgehead atoms. The first-order valence-corrected chi connectivity index (χ1v) is 15.4. The van der Waals surface area contributed by atoms with Crippen molar-refractivity contribution in [1.82, 2.24) is 15.3 Å². The molecule has 2 fully saturated rings. The summed E-state index contributed by atoms with van der Waals surface area (Å²) in [4.78, 5) is 22.2. The zero-order valence-corrected chi connectivity index (χ0v) is 26.3. The molecule has 5 rings (SSSR count). The molecular weight excluding hydrogens is 628 g/mol. The highest BCUT2D eigenvalue weighted by molar-refractivity contribution is 5.71. The lowest BCUT2D eigenvalue weighted by molar-refractivity contribution is -0.177. The van der Waals surface area contributed by atoms with Gasteiger partial charge in [0.2, 0.25) is 0 Å². The summed E-state index contributed by atoms with van der Waals surface area (Å²) in [7, 11) is 0. The van der Waals surface area contributed by atoms with Gasteiger partial charge in [-0.25, -0.2) is 22.9 Å². The molecule has 1 aromatic carbocycles. The summed E-state index contributed by atoms with van der Waals surface area (Å²) in [5.41, 5.74) is -0.487. The van der Waals surface area contributed by atoms with Gasteiger partial charge in [-0.05, 0) is 81.8 Å². The Labute approximate surface area is 268 Å². The smallest absolute Gasteiger partial charge is 0.407 e. The van der Waals surface area contributed by atoms with Crippen molar-refractivity contribution in [2.45, 2.75) is 70.3 Å². The zero-order chi connectivity index (χ0) is 33.9. The number of alkyl carbamates (subject to hydrolysis) is 1. The van der Waals surface area contributed by atoms with Crippen molar-refractivity contribution < 1.29 is 40.6 Å². The molecule has 0 unspecified atom stereocenters. The number of halogens is 6. The molecule has 0 spiro atoms. The molecule has 8 nitrogen and oxygen atoms in total. The SMILES string of the molecule is CC(C)(C)OC(=O)N[C@H]1C[C@@H](C(F)(F)F)CN(c2ccncc2NCc2ccc(F)c(-c3c(F)cc(C4CCOCC4)cc3F)n2)C1. The lowest BCUT2D eigenvalue weighted by Gasteiger charge is -2.40. The van der Waals surface area contributed by atoms with Crippen LogP contribution in [0.15, 0.2) is 42.7 Å². The summed E-state index contributed by atoms with van der Waals surface area (Å²) < 4.78 is 97.9. The van der Waals surface area contributed by atoms with E-state index in [-0.39, 0.29) is 37.7 Å². The highest BCUT2D eigenvalue weighted by Crippen LogP contribution is 2.38. The number of ether oxygens (including phenoxy) is 2. The number of carbonyl (C=O) groups excluding carboxylic acids is 1. The van der Waals surface area contributed by atoms with E-state index in [0.717, 1.165) is 6.07 Å². The maximum atomic E-state index is 15.3. The van der Waals surface area contributed by atoms with Gasteiger partial charge in [-0.3, -0.25) is 4.98 Å². The Balaban J connectivity index is 1.35. The van der Waals surface area contributed by atoms with E-state index in [1.807, 2.05) is 0 Å². The molecule has 2 atom stereocenters. The lowest BCUT2D eigenvalue weighted by Crippen LogP contribution is -2.54. The second kappa shape index (κ2) is 14.0. The van der Waals surface area contributed by atoms with Crippen LogP contribution in [-0.2, 0) is 16.0 Å². The molecule has 254 valence electrons. The molecule has 2 saturated heterocycles. The average molecular weight is 666 g/mol. The second-order valence-electron chi connectivity index (χ2n) is 12.8. The van der Waals surface area contributed by atoms with E-state index in [1.54, 1.807) is 26.8 Å². The van der Waals surface area contributed by atoms with Gasteiger partial charge >= 0.3 is 12.3 Å². The van der Waals surface area contributed by atoms with Crippen LogP contribution in [0.25, 0.3) is 11.3 Å². The largest absolute Gasteiger partial charge is 0.444 e. The van der Waals surface area contributed by atoms with Gasteiger partial charge in [0.05, 0.1) is 47.3 Å². The molecule has 1 amide bonds. The first kappa shape index (κ1) is 34.3. The Morgan fingerprint density at radius 2 is 1.72 bits per heavy atom. The number of anilines is 2. The van der Waals surface area contributed by atoms with Gasteiger partial charge in [0.15, 0.2) is 0 Å². The average Bonchev–Trinajstić information content (AvgIpc) is 3.00. The fraction of sp³-hybridized carbons (Fsp3) is 0.485. The van der Waals surface area contributed by atoms with Crippen molar-refractivity contribution in [1.29, 1.82) is 0 Å². The van der Waals surface area contributed by atoms with Crippen LogP contribution in [0.5, 0.6) is 0 Å². The number of hydrogen-bond donors (Lipinski definition) is 2. The molecule has 2 N–H and O–H groups in total. The van der Waals surface area contributed by atoms with Crippen LogP contribution in [0, 0.1) is 23.4 Å². The number of hydrogen-bond acceptors (Lipinski definition) is 7. The van der Waals surface area contributed by atoms with E-state index < -0.39 is 58.5 Å². The van der Waals surface area contributed by atoms with Gasteiger partial charge < -0.3 is 25.0 Å². The third-order valence-corrected chi connectivity index (χ3v) is 8.13. The highest BCUT2D eigenvalue weighted by atomic mass is 19.4. The summed E-state index contributed by atoms with van der Waals surface area (Å²) in [6.45, 7) is 5.58. The fourth-order valence-electron chi connectivity index (χ4n) is 5.94. The van der Waals surface area contributed by atoms with Crippen LogP contribution < -0.4 is 15.5 Å². The van der Waals surface area contributed by atoms with E-state index in [2.05, 4.69) is 20.6 Å². The number of pyridine rings is 2. The van der Waals surface area contributed by atoms with Crippen LogP contribution in [0.1, 0.15) is 57.2 Å². The van der Waals surface area contributed by atoms with Gasteiger partial charge in [0, 0.05) is 32.5 Å². The molecule has 3 aromatic rings. The number of rotatable bonds is 7. The van der Waals surface area contributed by atoms with Crippen molar-refractivity contribution in [3.05, 3.63) is 71.4 Å². The number of piperidine rings is 1. The number of aromatic nitrogens is 2. The molecular formula is C33H37F6N5O3. The number of amides is 1. The van der Waals surface area contributed by atoms with Crippen molar-refractivity contribution in [3.8, 4) is 11.3 Å². The summed E-state index contributed by atoms with van der Waals surface area (Å²) in [5, 5.41) is 5.63. The van der Waals surface area contributed by atoms with Gasteiger partial charge in [-0.15, -0.1) is 0 Å². The van der Waals surface area contributed by atoms with Gasteiger partial charge in [-0.2, -0.15) is 13.2 Å². The fourth-order valence-corrected chi connectivity index (χ4v) is 5.94. The Bertz CT molecular complexity index is 1550. The summed E-state index contributed by atoms with van der Waals surface area (Å²) in [5.74, 6) is -4.59. The molecule has 0 saturated carbocycles. The Morgan fingerprint density at radius 3 is 2.38 bits per heavy atom. The van der Waals surface area contributed by atoms with Gasteiger partial charge in [-0.1, -0.05) is 0 Å². The van der Waals surface area contributed by atoms with Gasteiger partial charge in [0.25, 0.3) is 0 Å². The van der Waals surface area contributed by atoms with Crippen LogP contribution >= 0.6 is 0 Å². The number of nitrogens with zero attached hydrogens (tertiary/aromatic N) is 3. The minimum atomic E-state index is -4.52. The quantitative estimate of drug-likeness (QED) is 0.255. The monoisotopic (exact) mass is 665 g/mol. The molecule has 47 heavy (non-hydrogen) atoms. The maximum absolute atomic E-state index is 15.3. The van der Waals surface area contributed by atoms with E-state index in [4.69, 9.17) is 9.47 Å². The van der Waals surface area contributed by atoms with E-state index >= 15 is 8.78 Å². The summed E-state index contributed by atoms with van der Waals surface area (Å²) in [6, 6.07) is 5.49. The predicted molar refractivity (Wildman–Crippen MR) is 163 cm³/mol. The Hall–Kier alpha value is -4.07. The third-order valence-electron chi connectivity index (χ3n) is 8.13. The summed E-state index contributed by atoms with van der Waals surface area (Å²) in [6.07, 6.45) is -1.56. The van der Waals surface area contributed by atoms with Gasteiger partial charge in [0.1, 0.15) is 28.7 Å². The van der Waals surface area contributed by atoms with Crippen molar-refractivity contribution in [3.63, 3.8) is 0 Å². The van der Waals surface area contributed by atoms with Crippen molar-refractivity contribution >= 4 is 17.5 Å².